The highest BCUT2D eigenvalue weighted by atomic mass is 32.1. The van der Waals surface area contributed by atoms with Gasteiger partial charge < -0.3 is 10.4 Å². The predicted octanol–water partition coefficient (Wildman–Crippen LogP) is 2.48. The lowest BCUT2D eigenvalue weighted by Gasteiger charge is -2.26. The number of aliphatic carboxylic acids is 1. The van der Waals surface area contributed by atoms with E-state index in [1.807, 2.05) is 0 Å². The molecule has 1 saturated carbocycles. The summed E-state index contributed by atoms with van der Waals surface area (Å²) in [5.74, 6) is -2.49. The van der Waals surface area contributed by atoms with Crippen LogP contribution in [0.4, 0.5) is 5.13 Å². The molecule has 0 bridgehead atoms. The van der Waals surface area contributed by atoms with E-state index in [9.17, 15) is 19.5 Å². The largest absolute Gasteiger partial charge is 0.481 e. The highest BCUT2D eigenvalue weighted by Crippen LogP contribution is 2.32. The summed E-state index contributed by atoms with van der Waals surface area (Å²) < 4.78 is 0. The third-order valence-electron chi connectivity index (χ3n) is 3.77. The molecule has 1 heterocycles. The molecule has 1 aromatic heterocycles. The molecule has 7 heteroatoms. The number of hydrogen-bond acceptors (Lipinski definition) is 5. The van der Waals surface area contributed by atoms with Crippen LogP contribution in [0.15, 0.2) is 0 Å². The number of aromatic nitrogens is 1. The third-order valence-corrected chi connectivity index (χ3v) is 4.94. The van der Waals surface area contributed by atoms with Gasteiger partial charge >= 0.3 is 5.97 Å². The van der Waals surface area contributed by atoms with E-state index in [-0.39, 0.29) is 11.7 Å². The Bertz CT molecular complexity index is 582. The first kappa shape index (κ1) is 15.6. The normalized spacial score (nSPS) is 21.8. The lowest BCUT2D eigenvalue weighted by Crippen LogP contribution is -2.36. The predicted molar refractivity (Wildman–Crippen MR) is 78.6 cm³/mol. The molecule has 0 saturated heterocycles. The molecule has 0 spiro atoms. The number of carbonyl (C=O) groups excluding carboxylic acids is 2. The van der Waals surface area contributed by atoms with E-state index in [4.69, 9.17) is 0 Å². The number of amides is 1. The number of nitrogens with one attached hydrogen (secondary N) is 1. The van der Waals surface area contributed by atoms with Crippen molar-refractivity contribution in [1.82, 2.24) is 4.98 Å². The van der Waals surface area contributed by atoms with Crippen molar-refractivity contribution in [3.63, 3.8) is 0 Å². The van der Waals surface area contributed by atoms with Gasteiger partial charge in [0.1, 0.15) is 0 Å². The molecule has 114 valence electrons. The van der Waals surface area contributed by atoms with Crippen molar-refractivity contribution in [3.05, 3.63) is 10.6 Å². The molecule has 0 radical (unpaired) electrons. The van der Waals surface area contributed by atoms with E-state index in [0.717, 1.165) is 24.2 Å². The van der Waals surface area contributed by atoms with Crippen LogP contribution in [0.3, 0.4) is 0 Å². The van der Waals surface area contributed by atoms with Gasteiger partial charge in [-0.25, -0.2) is 4.98 Å². The zero-order chi connectivity index (χ0) is 15.6. The highest BCUT2D eigenvalue weighted by molar-refractivity contribution is 7.17. The highest BCUT2D eigenvalue weighted by Gasteiger charge is 2.36. The lowest BCUT2D eigenvalue weighted by atomic mass is 9.79. The Balaban J connectivity index is 2.11. The van der Waals surface area contributed by atoms with Gasteiger partial charge in [-0.1, -0.05) is 24.2 Å². The fraction of sp³-hybridized carbons (Fsp3) is 0.571. The van der Waals surface area contributed by atoms with E-state index in [1.165, 1.54) is 6.92 Å². The van der Waals surface area contributed by atoms with E-state index in [2.05, 4.69) is 10.3 Å². The third kappa shape index (κ3) is 3.47. The van der Waals surface area contributed by atoms with Gasteiger partial charge in [0.25, 0.3) is 0 Å². The summed E-state index contributed by atoms with van der Waals surface area (Å²) in [7, 11) is 0. The fourth-order valence-corrected chi connectivity index (χ4v) is 3.58. The van der Waals surface area contributed by atoms with E-state index in [1.54, 1.807) is 6.92 Å². The Kier molecular flexibility index (Phi) is 4.72. The summed E-state index contributed by atoms with van der Waals surface area (Å²) in [6, 6.07) is 0. The summed E-state index contributed by atoms with van der Waals surface area (Å²) in [6.07, 6.45) is 2.80. The van der Waals surface area contributed by atoms with Gasteiger partial charge in [0, 0.05) is 6.92 Å². The zero-order valence-electron chi connectivity index (χ0n) is 12.0. The number of Topliss-reactive ketones (excluding diaryl/α,β-unsaturated/α-hetero) is 1. The van der Waals surface area contributed by atoms with Crippen LogP contribution < -0.4 is 5.32 Å². The number of thiazole rings is 1. The molecule has 2 rings (SSSR count). The van der Waals surface area contributed by atoms with Crippen LogP contribution in [0, 0.1) is 18.8 Å². The number of hydrogen-bond donors (Lipinski definition) is 2. The number of carbonyl (C=O) groups is 3. The number of aryl methyl sites for hydroxylation is 1. The first-order valence-corrected chi connectivity index (χ1v) is 7.74. The maximum absolute atomic E-state index is 12.3. The Morgan fingerprint density at radius 1 is 1.24 bits per heavy atom. The topological polar surface area (TPSA) is 96.4 Å². The minimum Gasteiger partial charge on any atom is -0.481 e. The second kappa shape index (κ2) is 6.34. The van der Waals surface area contributed by atoms with E-state index < -0.39 is 17.8 Å². The van der Waals surface area contributed by atoms with Crippen molar-refractivity contribution < 1.29 is 19.5 Å². The van der Waals surface area contributed by atoms with Gasteiger partial charge in [0.2, 0.25) is 5.91 Å². The van der Waals surface area contributed by atoms with Gasteiger partial charge in [0.05, 0.1) is 22.4 Å². The molecular formula is C14H18N2O4S. The van der Waals surface area contributed by atoms with Crippen LogP contribution in [0.5, 0.6) is 0 Å². The molecule has 2 atom stereocenters. The van der Waals surface area contributed by atoms with Crippen molar-refractivity contribution in [2.75, 3.05) is 5.32 Å². The molecule has 1 fully saturated rings. The first-order chi connectivity index (χ1) is 9.90. The number of carboxylic acid groups (broad SMARTS) is 1. The molecule has 1 amide bonds. The quantitative estimate of drug-likeness (QED) is 0.833. The molecule has 0 aliphatic heterocycles. The summed E-state index contributed by atoms with van der Waals surface area (Å²) in [5, 5.41) is 12.2. The molecule has 1 aliphatic carbocycles. The number of carboxylic acids is 1. The van der Waals surface area contributed by atoms with Gasteiger partial charge in [0.15, 0.2) is 10.9 Å². The van der Waals surface area contributed by atoms with Crippen LogP contribution in [0.2, 0.25) is 0 Å². The Labute approximate surface area is 126 Å². The molecule has 1 aliphatic rings. The summed E-state index contributed by atoms with van der Waals surface area (Å²) >= 11 is 1.13. The number of rotatable bonds is 4. The fourth-order valence-electron chi connectivity index (χ4n) is 2.71. The first-order valence-electron chi connectivity index (χ1n) is 6.92. The summed E-state index contributed by atoms with van der Waals surface area (Å²) in [5.41, 5.74) is 0.584. The van der Waals surface area contributed by atoms with Gasteiger partial charge in [-0.3, -0.25) is 14.4 Å². The summed E-state index contributed by atoms with van der Waals surface area (Å²) in [4.78, 5) is 39.6. The van der Waals surface area contributed by atoms with Gasteiger partial charge in [-0.05, 0) is 19.8 Å². The minimum absolute atomic E-state index is 0.0911. The van der Waals surface area contributed by atoms with Crippen LogP contribution in [-0.2, 0) is 9.59 Å². The van der Waals surface area contributed by atoms with Crippen LogP contribution >= 0.6 is 11.3 Å². The smallest absolute Gasteiger partial charge is 0.307 e. The number of ketones is 1. The maximum atomic E-state index is 12.3. The van der Waals surface area contributed by atoms with Crippen molar-refractivity contribution in [2.45, 2.75) is 39.5 Å². The second-order valence-corrected chi connectivity index (χ2v) is 6.31. The molecule has 2 N–H and O–H groups in total. The molecule has 0 aromatic carbocycles. The zero-order valence-corrected chi connectivity index (χ0v) is 12.8. The Hall–Kier alpha value is -1.76. The van der Waals surface area contributed by atoms with Crippen molar-refractivity contribution in [2.24, 2.45) is 11.8 Å². The van der Waals surface area contributed by atoms with E-state index in [0.29, 0.717) is 28.5 Å². The SMILES string of the molecule is CC(=O)c1sc(NC(=O)[C@H]2CCCC[C@@H]2C(=O)O)nc1C. The molecule has 0 unspecified atom stereocenters. The van der Waals surface area contributed by atoms with Crippen molar-refractivity contribution >= 4 is 34.1 Å². The van der Waals surface area contributed by atoms with Crippen molar-refractivity contribution in [3.8, 4) is 0 Å². The average Bonchev–Trinajstić information content (AvgIpc) is 2.79. The van der Waals surface area contributed by atoms with Crippen LogP contribution in [0.1, 0.15) is 48.0 Å². The van der Waals surface area contributed by atoms with E-state index >= 15 is 0 Å². The van der Waals surface area contributed by atoms with Crippen LogP contribution in [0.25, 0.3) is 0 Å². The standard InChI is InChI=1S/C14H18N2O4S/c1-7-11(8(2)17)21-14(15-7)16-12(18)9-5-3-4-6-10(9)13(19)20/h9-10H,3-6H2,1-2H3,(H,19,20)(H,15,16,18)/t9-,10-/m0/s1. The van der Waals surface area contributed by atoms with Gasteiger partial charge in [-0.15, -0.1) is 0 Å². The molecular weight excluding hydrogens is 292 g/mol. The Morgan fingerprint density at radius 3 is 2.38 bits per heavy atom. The molecule has 1 aromatic rings. The minimum atomic E-state index is -0.922. The van der Waals surface area contributed by atoms with Crippen LogP contribution in [-0.4, -0.2) is 27.8 Å². The lowest BCUT2D eigenvalue weighted by molar-refractivity contribution is -0.147. The number of anilines is 1. The Morgan fingerprint density at radius 2 is 1.86 bits per heavy atom. The molecule has 6 nitrogen and oxygen atoms in total. The average molecular weight is 310 g/mol. The maximum Gasteiger partial charge on any atom is 0.307 e. The summed E-state index contributed by atoms with van der Waals surface area (Å²) in [6.45, 7) is 3.16. The van der Waals surface area contributed by atoms with Gasteiger partial charge in [-0.2, -0.15) is 0 Å². The van der Waals surface area contributed by atoms with Crippen molar-refractivity contribution in [1.29, 1.82) is 0 Å². The molecule has 21 heavy (non-hydrogen) atoms. The number of nitrogens with zero attached hydrogens (tertiary/aromatic N) is 1. The second-order valence-electron chi connectivity index (χ2n) is 5.31. The monoisotopic (exact) mass is 310 g/mol.